The number of rotatable bonds is 8. The van der Waals surface area contributed by atoms with Crippen molar-refractivity contribution >= 4 is 34.7 Å². The number of aryl methyl sites for hydroxylation is 1. The van der Waals surface area contributed by atoms with Gasteiger partial charge in [0.15, 0.2) is 11.5 Å². The number of phenols is 1. The quantitative estimate of drug-likeness (QED) is 0.604. The molecular weight excluding hydrogens is 388 g/mol. The maximum atomic E-state index is 12.6. The van der Waals surface area contributed by atoms with Crippen LogP contribution in [0.3, 0.4) is 0 Å². The summed E-state index contributed by atoms with van der Waals surface area (Å²) < 4.78 is 5.08. The third-order valence-corrected chi connectivity index (χ3v) is 5.50. The van der Waals surface area contributed by atoms with Gasteiger partial charge in [0.2, 0.25) is 0 Å². The standard InChI is InChI=1S/C22H24N2O4S/c1-3-4-5-15-6-9-17(10-7-15)23-14-24-21(26)20(29-22(24)27)13-16-8-11-18(25)19(12-16)28-2/h6-13,23,25H,3-5,14H2,1-2H3/b20-13+. The van der Waals surface area contributed by atoms with Gasteiger partial charge in [0.25, 0.3) is 11.1 Å². The van der Waals surface area contributed by atoms with Crippen LogP contribution in [0.2, 0.25) is 0 Å². The van der Waals surface area contributed by atoms with E-state index in [1.54, 1.807) is 18.2 Å². The van der Waals surface area contributed by atoms with Crippen molar-refractivity contribution in [2.45, 2.75) is 26.2 Å². The molecule has 6 nitrogen and oxygen atoms in total. The average Bonchev–Trinajstić information content (AvgIpc) is 2.99. The maximum Gasteiger partial charge on any atom is 0.295 e. The lowest BCUT2D eigenvalue weighted by atomic mass is 10.1. The fourth-order valence-corrected chi connectivity index (χ4v) is 3.75. The van der Waals surface area contributed by atoms with E-state index >= 15 is 0 Å². The summed E-state index contributed by atoms with van der Waals surface area (Å²) in [6, 6.07) is 12.8. The Bertz CT molecular complexity index is 925. The molecule has 0 aromatic heterocycles. The molecule has 1 aliphatic heterocycles. The number of benzene rings is 2. The molecule has 1 saturated heterocycles. The largest absolute Gasteiger partial charge is 0.504 e. The smallest absolute Gasteiger partial charge is 0.295 e. The van der Waals surface area contributed by atoms with Gasteiger partial charge in [-0.3, -0.25) is 14.5 Å². The summed E-state index contributed by atoms with van der Waals surface area (Å²) in [6.07, 6.45) is 4.98. The van der Waals surface area contributed by atoms with Crippen molar-refractivity contribution in [3.05, 3.63) is 58.5 Å². The van der Waals surface area contributed by atoms with Crippen LogP contribution in [0.4, 0.5) is 10.5 Å². The fourth-order valence-electron chi connectivity index (χ4n) is 2.91. The number of hydrogen-bond acceptors (Lipinski definition) is 6. The fraction of sp³-hybridized carbons (Fsp3) is 0.273. The number of nitrogens with zero attached hydrogens (tertiary/aromatic N) is 1. The number of ether oxygens (including phenoxy) is 1. The van der Waals surface area contributed by atoms with E-state index in [0.29, 0.717) is 16.2 Å². The molecule has 2 N–H and O–H groups in total. The third-order valence-electron chi connectivity index (χ3n) is 4.59. The number of nitrogens with one attached hydrogen (secondary N) is 1. The summed E-state index contributed by atoms with van der Waals surface area (Å²) in [5.74, 6) is -0.0243. The highest BCUT2D eigenvalue weighted by Crippen LogP contribution is 2.34. The van der Waals surface area contributed by atoms with Crippen LogP contribution in [-0.2, 0) is 11.2 Å². The van der Waals surface area contributed by atoms with Gasteiger partial charge in [-0.2, -0.15) is 0 Å². The number of amides is 2. The van der Waals surface area contributed by atoms with Crippen LogP contribution in [0.5, 0.6) is 11.5 Å². The number of methoxy groups -OCH3 is 1. The van der Waals surface area contributed by atoms with Crippen molar-refractivity contribution in [3.8, 4) is 11.5 Å². The van der Waals surface area contributed by atoms with Gasteiger partial charge in [-0.15, -0.1) is 0 Å². The lowest BCUT2D eigenvalue weighted by Crippen LogP contribution is -2.33. The second-order valence-corrected chi connectivity index (χ2v) is 7.67. The Balaban J connectivity index is 1.64. The topological polar surface area (TPSA) is 78.9 Å². The summed E-state index contributed by atoms with van der Waals surface area (Å²) in [4.78, 5) is 26.4. The van der Waals surface area contributed by atoms with Gasteiger partial charge >= 0.3 is 0 Å². The lowest BCUT2D eigenvalue weighted by molar-refractivity contribution is -0.122. The molecule has 7 heteroatoms. The molecule has 1 heterocycles. The third kappa shape index (κ3) is 5.12. The monoisotopic (exact) mass is 412 g/mol. The van der Waals surface area contributed by atoms with E-state index in [0.717, 1.165) is 36.7 Å². The molecule has 0 unspecified atom stereocenters. The van der Waals surface area contributed by atoms with E-state index in [1.807, 2.05) is 12.1 Å². The SMILES string of the molecule is CCCCc1ccc(NCN2C(=O)S/C(=C/c3ccc(O)c(OC)c3)C2=O)cc1. The first kappa shape index (κ1) is 20.8. The van der Waals surface area contributed by atoms with Crippen LogP contribution >= 0.6 is 11.8 Å². The van der Waals surface area contributed by atoms with E-state index in [-0.39, 0.29) is 23.6 Å². The summed E-state index contributed by atoms with van der Waals surface area (Å²) >= 11 is 0.896. The molecule has 1 fully saturated rings. The second kappa shape index (κ2) is 9.52. The van der Waals surface area contributed by atoms with Crippen molar-refractivity contribution in [1.29, 1.82) is 0 Å². The first-order chi connectivity index (χ1) is 14.0. The highest BCUT2D eigenvalue weighted by Gasteiger charge is 2.34. The molecule has 3 rings (SSSR count). The first-order valence-electron chi connectivity index (χ1n) is 9.47. The van der Waals surface area contributed by atoms with Gasteiger partial charge in [-0.05, 0) is 66.1 Å². The van der Waals surface area contributed by atoms with Crippen molar-refractivity contribution in [2.75, 3.05) is 19.1 Å². The van der Waals surface area contributed by atoms with Gasteiger partial charge in [0.05, 0.1) is 18.7 Å². The predicted octanol–water partition coefficient (Wildman–Crippen LogP) is 4.85. The molecule has 29 heavy (non-hydrogen) atoms. The summed E-state index contributed by atoms with van der Waals surface area (Å²) in [7, 11) is 1.45. The van der Waals surface area contributed by atoms with Gasteiger partial charge in [-0.1, -0.05) is 31.5 Å². The number of phenolic OH excluding ortho intramolecular Hbond substituents is 1. The van der Waals surface area contributed by atoms with Crippen LogP contribution in [0.15, 0.2) is 47.4 Å². The molecule has 0 spiro atoms. The minimum Gasteiger partial charge on any atom is -0.504 e. The summed E-state index contributed by atoms with van der Waals surface area (Å²) in [5, 5.41) is 12.5. The number of carbonyl (C=O) groups excluding carboxylic acids is 2. The van der Waals surface area contributed by atoms with E-state index in [4.69, 9.17) is 4.74 Å². The van der Waals surface area contributed by atoms with Crippen molar-refractivity contribution in [1.82, 2.24) is 4.90 Å². The molecule has 0 bridgehead atoms. The molecular formula is C22H24N2O4S. The predicted molar refractivity (Wildman–Crippen MR) is 116 cm³/mol. The van der Waals surface area contributed by atoms with Crippen LogP contribution in [0, 0.1) is 0 Å². The molecule has 1 aliphatic rings. The molecule has 0 saturated carbocycles. The van der Waals surface area contributed by atoms with E-state index in [1.165, 1.54) is 23.6 Å². The average molecular weight is 413 g/mol. The van der Waals surface area contributed by atoms with Crippen molar-refractivity contribution < 1.29 is 19.4 Å². The first-order valence-corrected chi connectivity index (χ1v) is 10.3. The Morgan fingerprint density at radius 3 is 2.62 bits per heavy atom. The molecule has 0 aliphatic carbocycles. The van der Waals surface area contributed by atoms with Gasteiger partial charge in [0, 0.05) is 5.69 Å². The summed E-state index contributed by atoms with van der Waals surface area (Å²) in [5.41, 5.74) is 2.80. The normalized spacial score (nSPS) is 15.2. The second-order valence-electron chi connectivity index (χ2n) is 6.68. The van der Waals surface area contributed by atoms with Gasteiger partial charge < -0.3 is 15.2 Å². The molecule has 2 amide bonds. The molecule has 2 aromatic rings. The maximum absolute atomic E-state index is 12.6. The Labute approximate surface area is 174 Å². The number of hydrogen-bond donors (Lipinski definition) is 2. The van der Waals surface area contributed by atoms with Gasteiger partial charge in [-0.25, -0.2) is 0 Å². The van der Waals surface area contributed by atoms with Gasteiger partial charge in [0.1, 0.15) is 0 Å². The van der Waals surface area contributed by atoms with Crippen LogP contribution in [0.25, 0.3) is 6.08 Å². The van der Waals surface area contributed by atoms with Crippen molar-refractivity contribution in [2.24, 2.45) is 0 Å². The highest BCUT2D eigenvalue weighted by atomic mass is 32.2. The molecule has 152 valence electrons. The number of anilines is 1. The Morgan fingerprint density at radius 2 is 1.93 bits per heavy atom. The molecule has 0 atom stereocenters. The van der Waals surface area contributed by atoms with Crippen LogP contribution < -0.4 is 10.1 Å². The summed E-state index contributed by atoms with van der Waals surface area (Å²) in [6.45, 7) is 2.27. The molecule has 0 radical (unpaired) electrons. The zero-order valence-electron chi connectivity index (χ0n) is 16.5. The van der Waals surface area contributed by atoms with E-state index < -0.39 is 0 Å². The van der Waals surface area contributed by atoms with Crippen LogP contribution in [-0.4, -0.2) is 34.9 Å². The zero-order valence-corrected chi connectivity index (χ0v) is 17.3. The minimum absolute atomic E-state index is 0.0164. The van der Waals surface area contributed by atoms with Crippen LogP contribution in [0.1, 0.15) is 30.9 Å². The zero-order chi connectivity index (χ0) is 20.8. The number of aromatic hydroxyl groups is 1. The van der Waals surface area contributed by atoms with E-state index in [9.17, 15) is 14.7 Å². The molecule has 2 aromatic carbocycles. The highest BCUT2D eigenvalue weighted by molar-refractivity contribution is 8.18. The Morgan fingerprint density at radius 1 is 1.17 bits per heavy atom. The minimum atomic E-state index is -0.348. The number of thioether (sulfide) groups is 1. The number of unbranched alkanes of at least 4 members (excludes halogenated alkanes) is 1. The van der Waals surface area contributed by atoms with Crippen molar-refractivity contribution in [3.63, 3.8) is 0 Å². The Kier molecular flexibility index (Phi) is 6.82. The Hall–Kier alpha value is -2.93. The lowest BCUT2D eigenvalue weighted by Gasteiger charge is -2.14. The van der Waals surface area contributed by atoms with E-state index in [2.05, 4.69) is 24.4 Å². The number of carbonyl (C=O) groups is 2. The number of imide groups is 1.